The molecule has 154 valence electrons. The summed E-state index contributed by atoms with van der Waals surface area (Å²) in [4.78, 5) is 21.3. The first-order valence-electron chi connectivity index (χ1n) is 9.43. The van der Waals surface area contributed by atoms with Crippen molar-refractivity contribution < 1.29 is 14.3 Å². The summed E-state index contributed by atoms with van der Waals surface area (Å²) in [7, 11) is 7.01. The molecule has 1 atom stereocenters. The first-order valence-corrected chi connectivity index (χ1v) is 10.2. The lowest BCUT2D eigenvalue weighted by molar-refractivity contribution is -0.132. The van der Waals surface area contributed by atoms with Gasteiger partial charge in [-0.25, -0.2) is 4.98 Å². The molecule has 3 aromatic rings. The van der Waals surface area contributed by atoms with Gasteiger partial charge in [0.2, 0.25) is 5.91 Å². The molecular weight excluding hydrogens is 386 g/mol. The number of amides is 1. The smallest absolute Gasteiger partial charge is 0.237 e. The Hall–Kier alpha value is -2.64. The van der Waals surface area contributed by atoms with E-state index in [0.717, 1.165) is 20.8 Å². The number of ether oxygens (including phenoxy) is 2. The zero-order valence-corrected chi connectivity index (χ0v) is 18.3. The number of likely N-dealkylation sites (N-methyl/N-ethyl adjacent to an activating group) is 2. The maximum absolute atomic E-state index is 12.8. The van der Waals surface area contributed by atoms with Gasteiger partial charge in [-0.3, -0.25) is 9.69 Å². The van der Waals surface area contributed by atoms with Crippen LogP contribution in [0.1, 0.15) is 23.5 Å². The van der Waals surface area contributed by atoms with Crippen molar-refractivity contribution in [2.24, 2.45) is 0 Å². The van der Waals surface area contributed by atoms with Gasteiger partial charge in [0.15, 0.2) is 11.5 Å². The first kappa shape index (κ1) is 21.1. The molecule has 0 unspecified atom stereocenters. The number of fused-ring (bicyclic) bond motifs is 1. The van der Waals surface area contributed by atoms with Crippen molar-refractivity contribution in [3.8, 4) is 11.5 Å². The first-order chi connectivity index (χ1) is 13.9. The van der Waals surface area contributed by atoms with Gasteiger partial charge in [0.05, 0.1) is 37.0 Å². The van der Waals surface area contributed by atoms with Gasteiger partial charge >= 0.3 is 0 Å². The second kappa shape index (κ2) is 9.24. The van der Waals surface area contributed by atoms with Gasteiger partial charge in [0, 0.05) is 13.6 Å². The van der Waals surface area contributed by atoms with Crippen LogP contribution < -0.4 is 9.47 Å². The van der Waals surface area contributed by atoms with E-state index in [-0.39, 0.29) is 11.9 Å². The second-order valence-corrected chi connectivity index (χ2v) is 8.12. The minimum absolute atomic E-state index is 0.0553. The third kappa shape index (κ3) is 4.86. The predicted octanol–water partition coefficient (Wildman–Crippen LogP) is 3.96. The fourth-order valence-corrected chi connectivity index (χ4v) is 4.20. The summed E-state index contributed by atoms with van der Waals surface area (Å²) in [5.41, 5.74) is 2.03. The molecule has 0 saturated heterocycles. The van der Waals surface area contributed by atoms with Gasteiger partial charge in [0.25, 0.3) is 0 Å². The molecule has 0 aliphatic rings. The number of rotatable bonds is 8. The number of hydrogen-bond donors (Lipinski definition) is 0. The molecule has 1 amide bonds. The van der Waals surface area contributed by atoms with Crippen LogP contribution in [-0.2, 0) is 11.3 Å². The molecule has 3 rings (SSSR count). The topological polar surface area (TPSA) is 54.9 Å². The van der Waals surface area contributed by atoms with Crippen LogP contribution in [0.25, 0.3) is 10.2 Å². The molecule has 29 heavy (non-hydrogen) atoms. The summed E-state index contributed by atoms with van der Waals surface area (Å²) in [5.74, 6) is 1.44. The largest absolute Gasteiger partial charge is 0.493 e. The fourth-order valence-electron chi connectivity index (χ4n) is 3.14. The van der Waals surface area contributed by atoms with Crippen molar-refractivity contribution >= 4 is 27.5 Å². The van der Waals surface area contributed by atoms with Crippen LogP contribution in [0.3, 0.4) is 0 Å². The quantitative estimate of drug-likeness (QED) is 0.559. The molecule has 0 spiro atoms. The second-order valence-electron chi connectivity index (χ2n) is 7.06. The minimum atomic E-state index is -0.0746. The number of hydrogen-bond acceptors (Lipinski definition) is 6. The van der Waals surface area contributed by atoms with Crippen molar-refractivity contribution in [3.63, 3.8) is 0 Å². The number of aromatic nitrogens is 1. The monoisotopic (exact) mass is 413 g/mol. The Kier molecular flexibility index (Phi) is 6.71. The zero-order valence-electron chi connectivity index (χ0n) is 17.5. The molecule has 0 bridgehead atoms. The average Bonchev–Trinajstić information content (AvgIpc) is 3.16. The Balaban J connectivity index is 1.62. The standard InChI is InChI=1S/C22H27N3O3S/c1-15(22-23-17-8-6-7-9-20(17)29-22)25(3)21(26)14-24(2)13-16-10-11-18(27-4)19(12-16)28-5/h6-12,15H,13-14H2,1-5H3/t15-/m1/s1. The normalized spacial score (nSPS) is 12.2. The summed E-state index contributed by atoms with van der Waals surface area (Å²) in [6, 6.07) is 13.8. The van der Waals surface area contributed by atoms with Gasteiger partial charge in [0.1, 0.15) is 5.01 Å². The number of carbonyl (C=O) groups excluding carboxylic acids is 1. The summed E-state index contributed by atoms with van der Waals surface area (Å²) < 4.78 is 11.8. The van der Waals surface area contributed by atoms with Gasteiger partial charge in [-0.15, -0.1) is 11.3 Å². The zero-order chi connectivity index (χ0) is 21.0. The molecule has 7 heteroatoms. The van der Waals surface area contributed by atoms with Crippen LogP contribution in [-0.4, -0.2) is 55.6 Å². The number of carbonyl (C=O) groups is 1. The highest BCUT2D eigenvalue weighted by atomic mass is 32.1. The molecular formula is C22H27N3O3S. The molecule has 0 N–H and O–H groups in total. The lowest BCUT2D eigenvalue weighted by Crippen LogP contribution is -2.37. The van der Waals surface area contributed by atoms with Crippen molar-refractivity contribution in [2.75, 3.05) is 34.9 Å². The summed E-state index contributed by atoms with van der Waals surface area (Å²) >= 11 is 1.64. The van der Waals surface area contributed by atoms with Crippen LogP contribution in [0.2, 0.25) is 0 Å². The van der Waals surface area contributed by atoms with Gasteiger partial charge in [-0.05, 0) is 43.8 Å². The van der Waals surface area contributed by atoms with E-state index >= 15 is 0 Å². The predicted molar refractivity (Wildman–Crippen MR) is 117 cm³/mol. The van der Waals surface area contributed by atoms with Crippen LogP contribution >= 0.6 is 11.3 Å². The van der Waals surface area contributed by atoms with Crippen LogP contribution in [0, 0.1) is 0 Å². The Labute approximate surface area is 175 Å². The van der Waals surface area contributed by atoms with E-state index in [1.54, 1.807) is 30.5 Å². The molecule has 0 fully saturated rings. The number of benzene rings is 2. The number of para-hydroxylation sites is 1. The lowest BCUT2D eigenvalue weighted by atomic mass is 10.2. The third-order valence-corrected chi connectivity index (χ3v) is 6.15. The summed E-state index contributed by atoms with van der Waals surface area (Å²) in [6.45, 7) is 2.97. The van der Waals surface area contributed by atoms with E-state index in [0.29, 0.717) is 24.6 Å². The summed E-state index contributed by atoms with van der Waals surface area (Å²) in [5, 5.41) is 0.949. The third-order valence-electron chi connectivity index (χ3n) is 4.95. The minimum Gasteiger partial charge on any atom is -0.493 e. The van der Waals surface area contributed by atoms with E-state index in [4.69, 9.17) is 9.47 Å². The molecule has 0 radical (unpaired) electrons. The number of nitrogens with zero attached hydrogens (tertiary/aromatic N) is 3. The molecule has 0 aliphatic carbocycles. The van der Waals surface area contributed by atoms with Crippen LogP contribution in [0.15, 0.2) is 42.5 Å². The summed E-state index contributed by atoms with van der Waals surface area (Å²) in [6.07, 6.45) is 0. The Morgan fingerprint density at radius 1 is 1.10 bits per heavy atom. The van der Waals surface area contributed by atoms with E-state index in [1.165, 1.54) is 0 Å². The molecule has 2 aromatic carbocycles. The highest BCUT2D eigenvalue weighted by Crippen LogP contribution is 2.29. The van der Waals surface area contributed by atoms with E-state index in [1.807, 2.05) is 62.3 Å². The van der Waals surface area contributed by atoms with Crippen LogP contribution in [0.5, 0.6) is 11.5 Å². The van der Waals surface area contributed by atoms with Gasteiger partial charge in [-0.2, -0.15) is 0 Å². The molecule has 0 saturated carbocycles. The van der Waals surface area contributed by atoms with Gasteiger partial charge in [-0.1, -0.05) is 18.2 Å². The maximum atomic E-state index is 12.8. The van der Waals surface area contributed by atoms with Crippen LogP contribution in [0.4, 0.5) is 0 Å². The fraction of sp³-hybridized carbons (Fsp3) is 0.364. The van der Waals surface area contributed by atoms with Crippen molar-refractivity contribution in [1.82, 2.24) is 14.8 Å². The van der Waals surface area contributed by atoms with E-state index < -0.39 is 0 Å². The SMILES string of the molecule is COc1ccc(CN(C)CC(=O)N(C)[C@H](C)c2nc3ccccc3s2)cc1OC. The highest BCUT2D eigenvalue weighted by Gasteiger charge is 2.21. The van der Waals surface area contributed by atoms with Gasteiger partial charge < -0.3 is 14.4 Å². The Morgan fingerprint density at radius 2 is 1.83 bits per heavy atom. The molecule has 6 nitrogen and oxygen atoms in total. The lowest BCUT2D eigenvalue weighted by Gasteiger charge is -2.26. The maximum Gasteiger partial charge on any atom is 0.237 e. The Bertz CT molecular complexity index is 955. The van der Waals surface area contributed by atoms with Crippen molar-refractivity contribution in [2.45, 2.75) is 19.5 Å². The molecule has 0 aliphatic heterocycles. The van der Waals surface area contributed by atoms with Crippen molar-refractivity contribution in [1.29, 1.82) is 0 Å². The molecule has 1 aromatic heterocycles. The van der Waals surface area contributed by atoms with Crippen molar-refractivity contribution in [3.05, 3.63) is 53.0 Å². The Morgan fingerprint density at radius 3 is 2.52 bits per heavy atom. The molecule has 1 heterocycles. The van der Waals surface area contributed by atoms with E-state index in [9.17, 15) is 4.79 Å². The highest BCUT2D eigenvalue weighted by molar-refractivity contribution is 7.18. The van der Waals surface area contributed by atoms with E-state index in [2.05, 4.69) is 11.1 Å². The number of thiazole rings is 1. The average molecular weight is 414 g/mol. The number of methoxy groups -OCH3 is 2.